The maximum Gasteiger partial charge on any atom is 0.336 e. The smallest absolute Gasteiger partial charge is 0.336 e. The number of H-pyrrole nitrogens is 1. The Balaban J connectivity index is 2.42. The molecule has 0 radical (unpaired) electrons. The average Bonchev–Trinajstić information content (AvgIpc) is 2.71. The van der Waals surface area contributed by atoms with Gasteiger partial charge in [-0.3, -0.25) is 9.52 Å². The van der Waals surface area contributed by atoms with Crippen molar-refractivity contribution in [1.29, 1.82) is 0 Å². The molecule has 1 aromatic carbocycles. The van der Waals surface area contributed by atoms with Crippen LogP contribution in [0.5, 0.6) is 0 Å². The topological polar surface area (TPSA) is 116 Å². The SMILES string of the molecule is Cc1ccc(NS(=O)(=O)c2sc(=O)[nH]c2C)cc1C(=O)O. The molecule has 0 saturated heterocycles. The van der Waals surface area contributed by atoms with E-state index >= 15 is 0 Å². The van der Waals surface area contributed by atoms with Gasteiger partial charge in [0.2, 0.25) is 0 Å². The van der Waals surface area contributed by atoms with E-state index in [0.29, 0.717) is 16.9 Å². The van der Waals surface area contributed by atoms with E-state index in [-0.39, 0.29) is 21.2 Å². The number of hydrogen-bond donors (Lipinski definition) is 3. The van der Waals surface area contributed by atoms with Crippen molar-refractivity contribution in [1.82, 2.24) is 4.98 Å². The minimum Gasteiger partial charge on any atom is -0.478 e. The first-order valence-corrected chi connectivity index (χ1v) is 8.07. The number of benzene rings is 1. The molecular weight excluding hydrogens is 316 g/mol. The molecule has 112 valence electrons. The Morgan fingerprint density at radius 1 is 1.33 bits per heavy atom. The Kier molecular flexibility index (Phi) is 3.88. The Morgan fingerprint density at radius 2 is 2.00 bits per heavy atom. The largest absolute Gasteiger partial charge is 0.478 e. The highest BCUT2D eigenvalue weighted by Gasteiger charge is 2.21. The monoisotopic (exact) mass is 328 g/mol. The molecule has 0 amide bonds. The van der Waals surface area contributed by atoms with E-state index in [9.17, 15) is 18.0 Å². The van der Waals surface area contributed by atoms with Crippen LogP contribution in [-0.2, 0) is 10.0 Å². The molecule has 0 spiro atoms. The van der Waals surface area contributed by atoms with Gasteiger partial charge in [-0.15, -0.1) is 0 Å². The van der Waals surface area contributed by atoms with Gasteiger partial charge in [0.1, 0.15) is 0 Å². The summed E-state index contributed by atoms with van der Waals surface area (Å²) in [6.45, 7) is 3.09. The number of thiazole rings is 1. The highest BCUT2D eigenvalue weighted by Crippen LogP contribution is 2.22. The third kappa shape index (κ3) is 3.14. The second-order valence-corrected chi connectivity index (χ2v) is 7.23. The van der Waals surface area contributed by atoms with Crippen molar-refractivity contribution in [3.8, 4) is 0 Å². The molecule has 1 aromatic heterocycles. The molecule has 0 unspecified atom stereocenters. The molecule has 0 aliphatic carbocycles. The second kappa shape index (κ2) is 5.34. The molecule has 0 fully saturated rings. The molecule has 9 heteroatoms. The number of carbonyl (C=O) groups is 1. The first-order valence-electron chi connectivity index (χ1n) is 5.77. The summed E-state index contributed by atoms with van der Waals surface area (Å²) in [6.07, 6.45) is 0. The Hall–Kier alpha value is -2.13. The maximum atomic E-state index is 12.2. The predicted octanol–water partition coefficient (Wildman–Crippen LogP) is 1.55. The molecule has 0 bridgehead atoms. The Bertz CT molecular complexity index is 864. The zero-order valence-electron chi connectivity index (χ0n) is 11.1. The van der Waals surface area contributed by atoms with Gasteiger partial charge in [0.15, 0.2) is 4.21 Å². The number of anilines is 1. The van der Waals surface area contributed by atoms with Crippen molar-refractivity contribution < 1.29 is 18.3 Å². The Labute approximate surface area is 124 Å². The Morgan fingerprint density at radius 3 is 2.52 bits per heavy atom. The summed E-state index contributed by atoms with van der Waals surface area (Å²) in [7, 11) is -3.93. The van der Waals surface area contributed by atoms with Crippen LogP contribution in [0.3, 0.4) is 0 Å². The zero-order chi connectivity index (χ0) is 15.8. The highest BCUT2D eigenvalue weighted by atomic mass is 32.2. The van der Waals surface area contributed by atoms with Crippen molar-refractivity contribution in [2.75, 3.05) is 4.72 Å². The number of carboxylic acid groups (broad SMARTS) is 1. The fourth-order valence-electron chi connectivity index (χ4n) is 1.76. The first kappa shape index (κ1) is 15.3. The number of aromatic nitrogens is 1. The summed E-state index contributed by atoms with van der Waals surface area (Å²) in [5, 5.41) is 9.03. The molecule has 0 aliphatic heterocycles. The van der Waals surface area contributed by atoms with Gasteiger partial charge in [-0.1, -0.05) is 17.4 Å². The number of nitrogens with one attached hydrogen (secondary N) is 2. The molecule has 1 heterocycles. The van der Waals surface area contributed by atoms with Gasteiger partial charge in [0.25, 0.3) is 10.0 Å². The molecule has 0 aliphatic rings. The lowest BCUT2D eigenvalue weighted by atomic mass is 10.1. The van der Waals surface area contributed by atoms with E-state index in [4.69, 9.17) is 5.11 Å². The van der Waals surface area contributed by atoms with Gasteiger partial charge in [-0.05, 0) is 31.5 Å². The fourth-order valence-corrected chi connectivity index (χ4v) is 4.12. The van der Waals surface area contributed by atoms with E-state index in [1.165, 1.54) is 25.1 Å². The van der Waals surface area contributed by atoms with Crippen molar-refractivity contribution >= 4 is 33.0 Å². The standard InChI is InChI=1S/C12H12N2O5S2/c1-6-3-4-8(5-9(6)10(15)16)14-21(18,19)11-7(2)13-12(17)20-11/h3-5,14H,1-2H3,(H,13,17)(H,15,16). The van der Waals surface area contributed by atoms with E-state index < -0.39 is 20.9 Å². The fraction of sp³-hybridized carbons (Fsp3) is 0.167. The normalized spacial score (nSPS) is 11.3. The van der Waals surface area contributed by atoms with Crippen LogP contribution in [0.25, 0.3) is 0 Å². The van der Waals surface area contributed by atoms with Gasteiger partial charge in [-0.25, -0.2) is 13.2 Å². The van der Waals surface area contributed by atoms with Crippen LogP contribution in [0.1, 0.15) is 21.6 Å². The maximum absolute atomic E-state index is 12.2. The summed E-state index contributed by atoms with van der Waals surface area (Å²) >= 11 is 0.576. The lowest BCUT2D eigenvalue weighted by Crippen LogP contribution is -2.13. The average molecular weight is 328 g/mol. The molecule has 2 rings (SSSR count). The molecule has 0 saturated carbocycles. The lowest BCUT2D eigenvalue weighted by Gasteiger charge is -2.09. The van der Waals surface area contributed by atoms with Gasteiger partial charge in [0.05, 0.1) is 5.56 Å². The summed E-state index contributed by atoms with van der Waals surface area (Å²) in [6, 6.07) is 4.21. The van der Waals surface area contributed by atoms with Crippen LogP contribution in [-0.4, -0.2) is 24.5 Å². The number of carboxylic acids is 1. The van der Waals surface area contributed by atoms with Crippen LogP contribution >= 0.6 is 11.3 Å². The summed E-state index contributed by atoms with van der Waals surface area (Å²) in [4.78, 5) is 24.2. The molecule has 3 N–H and O–H groups in total. The van der Waals surface area contributed by atoms with Gasteiger partial charge < -0.3 is 10.1 Å². The molecule has 0 atom stereocenters. The number of aromatic carboxylic acids is 1. The lowest BCUT2D eigenvalue weighted by molar-refractivity contribution is 0.0696. The quantitative estimate of drug-likeness (QED) is 0.787. The summed E-state index contributed by atoms with van der Waals surface area (Å²) < 4.78 is 26.5. The predicted molar refractivity (Wildman–Crippen MR) is 78.6 cm³/mol. The van der Waals surface area contributed by atoms with Gasteiger partial charge in [-0.2, -0.15) is 0 Å². The van der Waals surface area contributed by atoms with Crippen molar-refractivity contribution in [3.63, 3.8) is 0 Å². The highest BCUT2D eigenvalue weighted by molar-refractivity contribution is 7.94. The number of aryl methyl sites for hydroxylation is 2. The van der Waals surface area contributed by atoms with Crippen LogP contribution in [0, 0.1) is 13.8 Å². The summed E-state index contributed by atoms with van der Waals surface area (Å²) in [5.74, 6) is -1.14. The van der Waals surface area contributed by atoms with Gasteiger partial charge >= 0.3 is 10.8 Å². The minimum absolute atomic E-state index is 0.00850. The molecular formula is C12H12N2O5S2. The van der Waals surface area contributed by atoms with Crippen molar-refractivity contribution in [3.05, 3.63) is 44.7 Å². The van der Waals surface area contributed by atoms with Crippen molar-refractivity contribution in [2.45, 2.75) is 18.1 Å². The van der Waals surface area contributed by atoms with Crippen LogP contribution < -0.4 is 9.60 Å². The second-order valence-electron chi connectivity index (χ2n) is 4.37. The van der Waals surface area contributed by atoms with E-state index in [0.717, 1.165) is 0 Å². The van der Waals surface area contributed by atoms with E-state index in [1.807, 2.05) is 0 Å². The van der Waals surface area contributed by atoms with E-state index in [2.05, 4.69) is 9.71 Å². The molecule has 7 nitrogen and oxygen atoms in total. The van der Waals surface area contributed by atoms with Crippen LogP contribution in [0.2, 0.25) is 0 Å². The first-order chi connectivity index (χ1) is 9.70. The number of sulfonamides is 1. The minimum atomic E-state index is -3.93. The number of aromatic amines is 1. The third-order valence-corrected chi connectivity index (χ3v) is 5.73. The van der Waals surface area contributed by atoms with E-state index in [1.54, 1.807) is 6.92 Å². The van der Waals surface area contributed by atoms with Gasteiger partial charge in [0, 0.05) is 11.4 Å². The number of hydrogen-bond acceptors (Lipinski definition) is 5. The van der Waals surface area contributed by atoms with Crippen LogP contribution in [0.4, 0.5) is 5.69 Å². The van der Waals surface area contributed by atoms with Crippen LogP contribution in [0.15, 0.2) is 27.2 Å². The molecule has 21 heavy (non-hydrogen) atoms. The van der Waals surface area contributed by atoms with Crippen molar-refractivity contribution in [2.24, 2.45) is 0 Å². The summed E-state index contributed by atoms with van der Waals surface area (Å²) in [5.41, 5.74) is 0.892. The zero-order valence-corrected chi connectivity index (χ0v) is 12.8. The molecule has 2 aromatic rings. The third-order valence-electron chi connectivity index (χ3n) is 2.75. The number of rotatable bonds is 4.